The monoisotopic (exact) mass is 496 g/mol. The molecule has 0 aliphatic heterocycles. The molecule has 1 aromatic carbocycles. The van der Waals surface area contributed by atoms with Crippen LogP contribution in [0.2, 0.25) is 0 Å². The zero-order chi connectivity index (χ0) is 24.2. The zero-order valence-corrected chi connectivity index (χ0v) is 21.4. The third kappa shape index (κ3) is 5.44. The number of nitrogens with zero attached hydrogens (tertiary/aromatic N) is 2. The van der Waals surface area contributed by atoms with Gasteiger partial charge >= 0.3 is 0 Å². The van der Waals surface area contributed by atoms with Crippen molar-refractivity contribution in [2.24, 2.45) is 0 Å². The number of hydrogen-bond acceptors (Lipinski definition) is 7. The van der Waals surface area contributed by atoms with Gasteiger partial charge in [0.15, 0.2) is 0 Å². The van der Waals surface area contributed by atoms with Gasteiger partial charge in [-0.3, -0.25) is 14.5 Å². The van der Waals surface area contributed by atoms with E-state index in [1.54, 1.807) is 18.4 Å². The number of carbonyl (C=O) groups is 1. The molecule has 4 rings (SSSR count). The smallest absolute Gasteiger partial charge is 0.260 e. The molecule has 0 saturated carbocycles. The molecule has 0 aliphatic carbocycles. The molecule has 0 unspecified atom stereocenters. The highest BCUT2D eigenvalue weighted by Crippen LogP contribution is 2.35. The van der Waals surface area contributed by atoms with Gasteiger partial charge in [-0.1, -0.05) is 12.1 Å². The second kappa shape index (κ2) is 10.6. The van der Waals surface area contributed by atoms with E-state index >= 15 is 0 Å². The Labute approximate surface area is 206 Å². The van der Waals surface area contributed by atoms with Crippen LogP contribution in [0.3, 0.4) is 0 Å². The summed E-state index contributed by atoms with van der Waals surface area (Å²) in [6.45, 7) is 7.54. The molecule has 0 bridgehead atoms. The maximum Gasteiger partial charge on any atom is 0.260 e. The van der Waals surface area contributed by atoms with Crippen molar-refractivity contribution in [1.29, 1.82) is 0 Å². The Kier molecular flexibility index (Phi) is 7.57. The lowest BCUT2D eigenvalue weighted by Gasteiger charge is -2.21. The molecule has 0 aliphatic rings. The molecule has 0 fully saturated rings. The van der Waals surface area contributed by atoms with E-state index in [9.17, 15) is 9.59 Å². The van der Waals surface area contributed by atoms with Crippen LogP contribution in [0.15, 0.2) is 40.5 Å². The van der Waals surface area contributed by atoms with E-state index in [-0.39, 0.29) is 18.0 Å². The lowest BCUT2D eigenvalue weighted by molar-refractivity contribution is -0.117. The van der Waals surface area contributed by atoms with Crippen molar-refractivity contribution >= 4 is 44.5 Å². The highest BCUT2D eigenvalue weighted by atomic mass is 32.1. The van der Waals surface area contributed by atoms with Gasteiger partial charge in [0, 0.05) is 40.0 Å². The lowest BCUT2D eigenvalue weighted by Crippen LogP contribution is -2.36. The number of carbonyl (C=O) groups excluding carboxylic acids is 1. The first kappa shape index (κ1) is 24.3. The molecule has 1 amide bonds. The summed E-state index contributed by atoms with van der Waals surface area (Å²) in [6, 6.07) is 9.93. The number of amides is 1. The minimum Gasteiger partial charge on any atom is -0.383 e. The summed E-state index contributed by atoms with van der Waals surface area (Å²) in [5.41, 5.74) is 3.73. The number of anilines is 1. The van der Waals surface area contributed by atoms with Crippen LogP contribution in [0.1, 0.15) is 21.8 Å². The molecule has 7 nitrogen and oxygen atoms in total. The Morgan fingerprint density at radius 2 is 2.03 bits per heavy atom. The van der Waals surface area contributed by atoms with E-state index in [1.165, 1.54) is 16.2 Å². The Bertz CT molecular complexity index is 1370. The SMILES string of the molecule is COCCN(CC(=O)Nc1cccc(C)c1C)Cc1nc2scc(-c3ccc(C)s3)c2c(=O)[nH]1. The quantitative estimate of drug-likeness (QED) is 0.350. The fourth-order valence-corrected chi connectivity index (χ4v) is 5.68. The van der Waals surface area contributed by atoms with Gasteiger partial charge in [-0.15, -0.1) is 22.7 Å². The van der Waals surface area contributed by atoms with E-state index < -0.39 is 0 Å². The highest BCUT2D eigenvalue weighted by Gasteiger charge is 2.17. The van der Waals surface area contributed by atoms with Gasteiger partial charge in [-0.05, 0) is 50.1 Å². The van der Waals surface area contributed by atoms with Crippen LogP contribution in [0.25, 0.3) is 20.7 Å². The first-order valence-corrected chi connectivity index (χ1v) is 12.7. The number of fused-ring (bicyclic) bond motifs is 1. The van der Waals surface area contributed by atoms with Gasteiger partial charge < -0.3 is 15.0 Å². The van der Waals surface area contributed by atoms with E-state index in [0.29, 0.717) is 35.7 Å². The predicted molar refractivity (Wildman–Crippen MR) is 140 cm³/mol. The first-order valence-electron chi connectivity index (χ1n) is 11.0. The number of H-pyrrole nitrogens is 1. The molecule has 178 valence electrons. The fraction of sp³-hybridized carbons (Fsp3) is 0.320. The summed E-state index contributed by atoms with van der Waals surface area (Å²) in [5.74, 6) is 0.406. The molecule has 3 aromatic heterocycles. The van der Waals surface area contributed by atoms with Crippen molar-refractivity contribution in [1.82, 2.24) is 14.9 Å². The molecule has 34 heavy (non-hydrogen) atoms. The van der Waals surface area contributed by atoms with Crippen molar-refractivity contribution in [3.8, 4) is 10.4 Å². The maximum atomic E-state index is 13.0. The molecular weight excluding hydrogens is 468 g/mol. The second-order valence-electron chi connectivity index (χ2n) is 8.25. The molecule has 0 spiro atoms. The number of aryl methyl sites for hydroxylation is 2. The average molecular weight is 497 g/mol. The zero-order valence-electron chi connectivity index (χ0n) is 19.7. The summed E-state index contributed by atoms with van der Waals surface area (Å²) >= 11 is 3.12. The minimum absolute atomic E-state index is 0.125. The van der Waals surface area contributed by atoms with Crippen LogP contribution in [0.4, 0.5) is 5.69 Å². The normalized spacial score (nSPS) is 11.4. The number of benzene rings is 1. The number of methoxy groups -OCH3 is 1. The Balaban J connectivity index is 1.53. The van der Waals surface area contributed by atoms with Crippen LogP contribution in [0, 0.1) is 20.8 Å². The van der Waals surface area contributed by atoms with Crippen LogP contribution >= 0.6 is 22.7 Å². The summed E-state index contributed by atoms with van der Waals surface area (Å²) in [6.07, 6.45) is 0. The Hall–Kier alpha value is -2.85. The van der Waals surface area contributed by atoms with Crippen molar-refractivity contribution in [2.45, 2.75) is 27.3 Å². The van der Waals surface area contributed by atoms with E-state index in [1.807, 2.05) is 55.3 Å². The van der Waals surface area contributed by atoms with Gasteiger partial charge in [-0.25, -0.2) is 4.98 Å². The van der Waals surface area contributed by atoms with Gasteiger partial charge in [0.1, 0.15) is 10.7 Å². The van der Waals surface area contributed by atoms with Crippen LogP contribution in [0.5, 0.6) is 0 Å². The Morgan fingerprint density at radius 1 is 1.21 bits per heavy atom. The average Bonchev–Trinajstić information content (AvgIpc) is 3.41. The van der Waals surface area contributed by atoms with Crippen molar-refractivity contribution in [3.05, 3.63) is 67.9 Å². The topological polar surface area (TPSA) is 87.3 Å². The largest absolute Gasteiger partial charge is 0.383 e. The van der Waals surface area contributed by atoms with E-state index in [4.69, 9.17) is 9.72 Å². The van der Waals surface area contributed by atoms with Crippen molar-refractivity contribution < 1.29 is 9.53 Å². The van der Waals surface area contributed by atoms with Crippen molar-refractivity contribution in [2.75, 3.05) is 32.1 Å². The lowest BCUT2D eigenvalue weighted by atomic mass is 10.1. The van der Waals surface area contributed by atoms with Crippen molar-refractivity contribution in [3.63, 3.8) is 0 Å². The number of aromatic amines is 1. The van der Waals surface area contributed by atoms with Crippen LogP contribution in [-0.2, 0) is 16.1 Å². The van der Waals surface area contributed by atoms with Gasteiger partial charge in [-0.2, -0.15) is 0 Å². The standard InChI is InChI=1S/C25H28N4O3S2/c1-15-6-5-7-19(17(15)3)26-22(30)13-29(10-11-32-4)12-21-27-24(31)23-18(14-33-25(23)28-21)20-9-8-16(2)34-20/h5-9,14H,10-13H2,1-4H3,(H,26,30)(H,27,28,31). The number of nitrogens with one attached hydrogen (secondary N) is 2. The summed E-state index contributed by atoms with van der Waals surface area (Å²) < 4.78 is 5.23. The maximum absolute atomic E-state index is 13.0. The summed E-state index contributed by atoms with van der Waals surface area (Å²) in [4.78, 5) is 38.3. The molecule has 3 heterocycles. The molecule has 4 aromatic rings. The number of ether oxygens (including phenoxy) is 1. The van der Waals surface area contributed by atoms with E-state index in [2.05, 4.69) is 16.4 Å². The molecule has 2 N–H and O–H groups in total. The van der Waals surface area contributed by atoms with Gasteiger partial charge in [0.05, 0.1) is 25.1 Å². The number of rotatable bonds is 9. The summed E-state index contributed by atoms with van der Waals surface area (Å²) in [5, 5.41) is 5.60. The molecule has 0 radical (unpaired) electrons. The molecule has 9 heteroatoms. The number of aromatic nitrogens is 2. The molecule has 0 atom stereocenters. The highest BCUT2D eigenvalue weighted by molar-refractivity contribution is 7.19. The van der Waals surface area contributed by atoms with Crippen LogP contribution in [-0.4, -0.2) is 47.6 Å². The molecule has 0 saturated heterocycles. The Morgan fingerprint density at radius 3 is 2.76 bits per heavy atom. The van der Waals surface area contributed by atoms with Gasteiger partial charge in [0.2, 0.25) is 5.91 Å². The third-order valence-corrected chi connectivity index (χ3v) is 7.64. The fourth-order valence-electron chi connectivity index (χ4n) is 3.75. The molecular formula is C25H28N4O3S2. The second-order valence-corrected chi connectivity index (χ2v) is 10.4. The van der Waals surface area contributed by atoms with Gasteiger partial charge in [0.25, 0.3) is 5.56 Å². The third-order valence-electron chi connectivity index (χ3n) is 5.73. The minimum atomic E-state index is -0.158. The predicted octanol–water partition coefficient (Wildman–Crippen LogP) is 4.73. The van der Waals surface area contributed by atoms with E-state index in [0.717, 1.165) is 27.3 Å². The van der Waals surface area contributed by atoms with Crippen LogP contribution < -0.4 is 10.9 Å². The summed E-state index contributed by atoms with van der Waals surface area (Å²) in [7, 11) is 1.63. The first-order chi connectivity index (χ1) is 16.4. The number of hydrogen-bond donors (Lipinski definition) is 2. The number of thiophene rings is 2.